The number of hydrogen-bond acceptors (Lipinski definition) is 4. The van der Waals surface area contributed by atoms with E-state index >= 15 is 0 Å². The average Bonchev–Trinajstić information content (AvgIpc) is 3.06. The van der Waals surface area contributed by atoms with Crippen molar-refractivity contribution in [1.29, 1.82) is 0 Å². The van der Waals surface area contributed by atoms with Crippen LogP contribution in [0.4, 0.5) is 5.69 Å². The summed E-state index contributed by atoms with van der Waals surface area (Å²) in [5.41, 5.74) is 4.64. The van der Waals surface area contributed by atoms with Gasteiger partial charge in [-0.25, -0.2) is 0 Å². The molecule has 2 N–H and O–H groups in total. The van der Waals surface area contributed by atoms with Gasteiger partial charge in [-0.05, 0) is 0 Å². The van der Waals surface area contributed by atoms with Crippen molar-refractivity contribution < 1.29 is 6.51 Å². The second-order valence-corrected chi connectivity index (χ2v) is 11.1. The molecule has 0 aromatic carbocycles. The summed E-state index contributed by atoms with van der Waals surface area (Å²) in [7, 11) is 0. The number of fused-ring (bicyclic) bond motifs is 1. The zero-order valence-corrected chi connectivity index (χ0v) is 17.1. The van der Waals surface area contributed by atoms with Crippen LogP contribution in [0.15, 0.2) is 61.3 Å². The Labute approximate surface area is 164 Å². The Morgan fingerprint density at radius 1 is 1.11 bits per heavy atom. The SMILES string of the molecule is CI(=O)(O)Nc1cc(-c2cnc3cc(-c4cccnc4)ccn23)cnc1Cl. The van der Waals surface area contributed by atoms with Gasteiger partial charge in [0.2, 0.25) is 0 Å². The van der Waals surface area contributed by atoms with E-state index in [9.17, 15) is 6.51 Å². The van der Waals surface area contributed by atoms with Crippen LogP contribution in [0.3, 0.4) is 0 Å². The van der Waals surface area contributed by atoms with Crippen molar-refractivity contribution in [2.75, 3.05) is 8.46 Å². The number of alkyl halides is 1. The van der Waals surface area contributed by atoms with Crippen LogP contribution in [-0.4, -0.2) is 27.7 Å². The third-order valence-corrected chi connectivity index (χ3v) is 5.80. The molecular weight excluding hydrogens is 481 g/mol. The van der Waals surface area contributed by atoms with Crippen molar-refractivity contribution in [3.8, 4) is 22.4 Å². The van der Waals surface area contributed by atoms with E-state index < -0.39 is 19.1 Å². The van der Waals surface area contributed by atoms with E-state index in [-0.39, 0.29) is 5.15 Å². The predicted octanol–water partition coefficient (Wildman–Crippen LogP) is 4.36. The molecule has 138 valence electrons. The number of imidazole rings is 1. The van der Waals surface area contributed by atoms with Crippen molar-refractivity contribution in [2.45, 2.75) is 0 Å². The summed E-state index contributed by atoms with van der Waals surface area (Å²) in [6.45, 7) is 0. The second kappa shape index (κ2) is 6.95. The third-order valence-electron chi connectivity index (χ3n) is 3.92. The average molecular weight is 496 g/mol. The van der Waals surface area contributed by atoms with Crippen molar-refractivity contribution >= 4 is 42.0 Å². The fraction of sp³-hybridized carbons (Fsp3) is 0.0556. The topological polar surface area (TPSA) is 92.4 Å². The van der Waals surface area contributed by atoms with Gasteiger partial charge in [0.25, 0.3) is 0 Å². The zero-order valence-electron chi connectivity index (χ0n) is 14.2. The van der Waals surface area contributed by atoms with Gasteiger partial charge < -0.3 is 0 Å². The maximum absolute atomic E-state index is 11.7. The molecule has 0 saturated carbocycles. The van der Waals surface area contributed by atoms with Crippen LogP contribution >= 0.6 is 30.7 Å². The van der Waals surface area contributed by atoms with Crippen LogP contribution in [0.25, 0.3) is 28.0 Å². The predicted molar refractivity (Wildman–Crippen MR) is 113 cm³/mol. The molecule has 0 spiro atoms. The summed E-state index contributed by atoms with van der Waals surface area (Å²) in [5.74, 6) is 0. The minimum absolute atomic E-state index is 0.145. The van der Waals surface area contributed by atoms with E-state index in [4.69, 9.17) is 11.6 Å². The molecule has 0 fully saturated rings. The molecule has 27 heavy (non-hydrogen) atoms. The van der Waals surface area contributed by atoms with Gasteiger partial charge in [-0.1, -0.05) is 0 Å². The van der Waals surface area contributed by atoms with Crippen LogP contribution in [0.2, 0.25) is 5.15 Å². The fourth-order valence-electron chi connectivity index (χ4n) is 2.75. The first-order valence-corrected chi connectivity index (χ1v) is 13.3. The Bertz CT molecular complexity index is 1170. The summed E-state index contributed by atoms with van der Waals surface area (Å²) in [6, 6.07) is 9.53. The molecule has 0 radical (unpaired) electrons. The molecule has 7 nitrogen and oxygen atoms in total. The molecule has 0 aliphatic rings. The van der Waals surface area contributed by atoms with E-state index in [0.717, 1.165) is 28.0 Å². The number of hydrogen-bond donors (Lipinski definition) is 2. The number of halogens is 2. The summed E-state index contributed by atoms with van der Waals surface area (Å²) in [6.07, 6.45) is 8.79. The van der Waals surface area contributed by atoms with Crippen LogP contribution in [0, 0.1) is 0 Å². The number of nitrogens with zero attached hydrogens (tertiary/aromatic N) is 4. The Morgan fingerprint density at radius 3 is 2.70 bits per heavy atom. The van der Waals surface area contributed by atoms with Crippen molar-refractivity contribution in [1.82, 2.24) is 19.4 Å². The minimum atomic E-state index is -4.21. The zero-order chi connectivity index (χ0) is 19.0. The van der Waals surface area contributed by atoms with E-state index in [2.05, 4.69) is 18.5 Å². The van der Waals surface area contributed by atoms with Gasteiger partial charge in [0.1, 0.15) is 0 Å². The third kappa shape index (κ3) is 3.82. The number of pyridine rings is 3. The molecule has 4 heterocycles. The summed E-state index contributed by atoms with van der Waals surface area (Å²) >= 11 is 1.84. The molecule has 0 aliphatic heterocycles. The molecule has 0 aliphatic carbocycles. The molecule has 4 rings (SSSR count). The second-order valence-electron chi connectivity index (χ2n) is 5.93. The Hall–Kier alpha value is -2.43. The van der Waals surface area contributed by atoms with Crippen molar-refractivity contribution in [3.63, 3.8) is 0 Å². The molecule has 1 atom stereocenters. The first-order valence-electron chi connectivity index (χ1n) is 7.86. The van der Waals surface area contributed by atoms with E-state index in [1.54, 1.807) is 30.9 Å². The van der Waals surface area contributed by atoms with Crippen LogP contribution in [0.1, 0.15) is 0 Å². The Morgan fingerprint density at radius 2 is 1.96 bits per heavy atom. The standard InChI is InChI=1S/C18H15ClIN5O2/c1-20(26,27)24-15-7-14(10-23-18(15)19)16-11-22-17-8-12(4-6-25(16)17)13-3-2-5-21-9-13/h2-11H,1H3,(H2,24,26,27). The maximum atomic E-state index is 11.7. The summed E-state index contributed by atoms with van der Waals surface area (Å²) in [4.78, 5) is 14.0. The van der Waals surface area contributed by atoms with Crippen LogP contribution < -0.4 is 3.53 Å². The van der Waals surface area contributed by atoms with Gasteiger partial charge in [-0.3, -0.25) is 0 Å². The Balaban J connectivity index is 1.77. The molecule has 0 bridgehead atoms. The molecule has 4 aromatic heterocycles. The normalized spacial score (nSPS) is 14.6. The molecule has 1 unspecified atom stereocenters. The van der Waals surface area contributed by atoms with E-state index in [0.29, 0.717) is 5.69 Å². The Kier molecular flexibility index (Phi) is 4.62. The number of aromatic nitrogens is 4. The number of anilines is 1. The van der Waals surface area contributed by atoms with Crippen molar-refractivity contribution in [3.05, 3.63) is 66.5 Å². The molecule has 4 aromatic rings. The van der Waals surface area contributed by atoms with Gasteiger partial charge in [0.05, 0.1) is 0 Å². The molecular formula is C18H15ClIN5O2. The number of rotatable bonds is 4. The quantitative estimate of drug-likeness (QED) is 0.189. The summed E-state index contributed by atoms with van der Waals surface area (Å²) in [5, 5.41) is 0.145. The van der Waals surface area contributed by atoms with E-state index in [1.165, 1.54) is 4.93 Å². The van der Waals surface area contributed by atoms with Gasteiger partial charge in [0, 0.05) is 6.20 Å². The van der Waals surface area contributed by atoms with Crippen molar-refractivity contribution in [2.24, 2.45) is 0 Å². The molecule has 9 heteroatoms. The first-order chi connectivity index (χ1) is 12.9. The van der Waals surface area contributed by atoms with Gasteiger partial charge in [-0.2, -0.15) is 0 Å². The van der Waals surface area contributed by atoms with Gasteiger partial charge in [0.15, 0.2) is 0 Å². The molecule has 0 amide bonds. The summed E-state index contributed by atoms with van der Waals surface area (Å²) < 4.78 is 25.9. The monoisotopic (exact) mass is 495 g/mol. The number of nitrogens with one attached hydrogen (secondary N) is 1. The van der Waals surface area contributed by atoms with Crippen LogP contribution in [-0.2, 0) is 3.07 Å². The molecule has 0 saturated heterocycles. The van der Waals surface area contributed by atoms with E-state index in [1.807, 2.05) is 34.9 Å². The van der Waals surface area contributed by atoms with Crippen LogP contribution in [0.5, 0.6) is 0 Å². The van der Waals surface area contributed by atoms with Gasteiger partial charge >= 0.3 is 159 Å². The fourth-order valence-corrected chi connectivity index (χ4v) is 4.55. The van der Waals surface area contributed by atoms with Gasteiger partial charge in [-0.15, -0.1) is 0 Å². The first kappa shape index (κ1) is 18.0.